The van der Waals surface area contributed by atoms with Crippen molar-refractivity contribution in [3.05, 3.63) is 0 Å². The predicted octanol–water partition coefficient (Wildman–Crippen LogP) is -0.451. The average molecular weight is 221 g/mol. The summed E-state index contributed by atoms with van der Waals surface area (Å²) in [6.07, 6.45) is -0.710. The van der Waals surface area contributed by atoms with E-state index in [2.05, 4.69) is 8.37 Å². The molecule has 1 aliphatic heterocycles. The summed E-state index contributed by atoms with van der Waals surface area (Å²) in [6.45, 7) is -0.00143. The minimum Gasteiger partial charge on any atom is -0.266 e. The molecule has 1 saturated heterocycles. The van der Waals surface area contributed by atoms with Crippen LogP contribution in [0, 0.1) is 0 Å². The summed E-state index contributed by atoms with van der Waals surface area (Å²) >= 11 is -1.81. The van der Waals surface area contributed by atoms with E-state index < -0.39 is 26.5 Å². The highest BCUT2D eigenvalue weighted by Gasteiger charge is 2.27. The van der Waals surface area contributed by atoms with Gasteiger partial charge in [0.25, 0.3) is 0 Å². The van der Waals surface area contributed by atoms with Crippen LogP contribution < -0.4 is 0 Å². The summed E-state index contributed by atoms with van der Waals surface area (Å²) in [6, 6.07) is 0. The van der Waals surface area contributed by atoms with Gasteiger partial charge in [-0.2, -0.15) is 4.21 Å². The summed E-state index contributed by atoms with van der Waals surface area (Å²) in [5.74, 6) is -0.375. The molecule has 11 heavy (non-hydrogen) atoms. The number of halogens is 1. The van der Waals surface area contributed by atoms with Crippen molar-refractivity contribution in [2.24, 2.45) is 0 Å². The minimum absolute atomic E-state index is 0.00143. The molecule has 0 aromatic carbocycles. The Morgan fingerprint density at radius 3 is 2.64 bits per heavy atom. The lowest BCUT2D eigenvalue weighted by atomic mass is 10.4. The first-order chi connectivity index (χ1) is 4.97. The maximum Gasteiger partial charge on any atom is 0.305 e. The molecule has 0 bridgehead atoms. The Hall–Kier alpha value is 0.310. The molecule has 0 N–H and O–H groups in total. The smallest absolute Gasteiger partial charge is 0.266 e. The van der Waals surface area contributed by atoms with Crippen molar-refractivity contribution < 1.29 is 21.0 Å². The Kier molecular flexibility index (Phi) is 2.87. The molecule has 0 radical (unpaired) electrons. The number of hydrogen-bond acceptors (Lipinski definition) is 5. The zero-order valence-electron chi connectivity index (χ0n) is 5.23. The third-order valence-electron chi connectivity index (χ3n) is 0.950. The van der Waals surface area contributed by atoms with Gasteiger partial charge in [0.1, 0.15) is 6.10 Å². The van der Waals surface area contributed by atoms with Crippen molar-refractivity contribution in [1.82, 2.24) is 0 Å². The topological polar surface area (TPSA) is 69.7 Å². The van der Waals surface area contributed by atoms with Crippen molar-refractivity contribution in [2.45, 2.75) is 6.10 Å². The first kappa shape index (κ1) is 9.40. The summed E-state index contributed by atoms with van der Waals surface area (Å²) in [7, 11) is 1.30. The Bertz CT molecular complexity index is 259. The van der Waals surface area contributed by atoms with Crippen molar-refractivity contribution in [3.8, 4) is 0 Å². The maximum absolute atomic E-state index is 10.4. The van der Waals surface area contributed by atoms with Gasteiger partial charge in [0.2, 0.25) is 9.05 Å². The van der Waals surface area contributed by atoms with Crippen LogP contribution >= 0.6 is 10.7 Å². The van der Waals surface area contributed by atoms with Crippen molar-refractivity contribution in [1.29, 1.82) is 0 Å². The molecular weight excluding hydrogens is 216 g/mol. The second kappa shape index (κ2) is 3.36. The average Bonchev–Trinajstić information content (AvgIpc) is 2.10. The molecule has 0 amide bonds. The van der Waals surface area contributed by atoms with E-state index >= 15 is 0 Å². The van der Waals surface area contributed by atoms with Gasteiger partial charge in [-0.25, -0.2) is 8.42 Å². The molecule has 0 aromatic rings. The van der Waals surface area contributed by atoms with Crippen molar-refractivity contribution >= 4 is 31.1 Å². The first-order valence-electron chi connectivity index (χ1n) is 2.62. The first-order valence-corrected chi connectivity index (χ1v) is 6.10. The van der Waals surface area contributed by atoms with Gasteiger partial charge in [0.05, 0.1) is 12.4 Å². The van der Waals surface area contributed by atoms with Gasteiger partial charge in [-0.15, -0.1) is 0 Å². The van der Waals surface area contributed by atoms with E-state index in [-0.39, 0.29) is 12.4 Å². The fourth-order valence-electron chi connectivity index (χ4n) is 0.596. The zero-order chi connectivity index (χ0) is 8.48. The van der Waals surface area contributed by atoms with E-state index in [1.54, 1.807) is 0 Å². The van der Waals surface area contributed by atoms with E-state index in [4.69, 9.17) is 10.7 Å². The summed E-state index contributed by atoms with van der Waals surface area (Å²) in [5.41, 5.74) is 0. The van der Waals surface area contributed by atoms with Gasteiger partial charge in [0.15, 0.2) is 0 Å². The molecule has 0 aromatic heterocycles. The van der Waals surface area contributed by atoms with Crippen LogP contribution in [0.3, 0.4) is 0 Å². The Morgan fingerprint density at radius 2 is 2.27 bits per heavy atom. The summed E-state index contributed by atoms with van der Waals surface area (Å²) in [5, 5.41) is 0. The molecule has 8 heteroatoms. The van der Waals surface area contributed by atoms with Crippen LogP contribution in [0.5, 0.6) is 0 Å². The largest absolute Gasteiger partial charge is 0.305 e. The molecule has 1 rings (SSSR count). The van der Waals surface area contributed by atoms with Crippen LogP contribution in [-0.2, 0) is 28.8 Å². The molecular formula is C3H5ClO5S2. The Labute approximate surface area is 70.9 Å². The lowest BCUT2D eigenvalue weighted by Crippen LogP contribution is -2.19. The SMILES string of the molecule is O=S1OCC(CS(=O)(=O)Cl)O1. The standard InChI is InChI=1S/C3H5ClO5S2/c4-11(6,7)2-3-1-8-10(5)9-3/h3H,1-2H2. The molecule has 1 aliphatic rings. The van der Waals surface area contributed by atoms with Crippen LogP contribution in [0.4, 0.5) is 0 Å². The molecule has 2 atom stereocenters. The number of rotatable bonds is 2. The number of hydrogen-bond donors (Lipinski definition) is 0. The highest BCUT2D eigenvalue weighted by molar-refractivity contribution is 8.13. The quantitative estimate of drug-likeness (QED) is 0.590. The minimum atomic E-state index is -3.60. The van der Waals surface area contributed by atoms with Crippen LogP contribution in [-0.4, -0.2) is 31.1 Å². The normalized spacial score (nSPS) is 32.5. The monoisotopic (exact) mass is 220 g/mol. The second-order valence-corrected chi connectivity index (χ2v) is 5.57. The predicted molar refractivity (Wildman–Crippen MR) is 38.6 cm³/mol. The van der Waals surface area contributed by atoms with E-state index in [1.807, 2.05) is 0 Å². The highest BCUT2D eigenvalue weighted by atomic mass is 35.7. The molecule has 0 spiro atoms. The summed E-state index contributed by atoms with van der Waals surface area (Å²) < 4.78 is 40.2. The van der Waals surface area contributed by atoms with Gasteiger partial charge in [-0.1, -0.05) is 0 Å². The van der Waals surface area contributed by atoms with Gasteiger partial charge in [0, 0.05) is 10.7 Å². The van der Waals surface area contributed by atoms with E-state index in [1.165, 1.54) is 0 Å². The maximum atomic E-state index is 10.4. The van der Waals surface area contributed by atoms with Gasteiger partial charge in [-0.05, 0) is 0 Å². The fourth-order valence-corrected chi connectivity index (χ4v) is 2.38. The Balaban J connectivity index is 2.47. The van der Waals surface area contributed by atoms with E-state index in [9.17, 15) is 12.6 Å². The van der Waals surface area contributed by atoms with Gasteiger partial charge < -0.3 is 0 Å². The van der Waals surface area contributed by atoms with Crippen molar-refractivity contribution in [3.63, 3.8) is 0 Å². The third kappa shape index (κ3) is 3.48. The van der Waals surface area contributed by atoms with E-state index in [0.717, 1.165) is 0 Å². The van der Waals surface area contributed by atoms with Crippen LogP contribution in [0.25, 0.3) is 0 Å². The summed E-state index contributed by atoms with van der Waals surface area (Å²) in [4.78, 5) is 0. The Morgan fingerprint density at radius 1 is 1.64 bits per heavy atom. The lowest BCUT2D eigenvalue weighted by molar-refractivity contribution is 0.264. The van der Waals surface area contributed by atoms with Crippen LogP contribution in [0.1, 0.15) is 0 Å². The van der Waals surface area contributed by atoms with Crippen LogP contribution in [0.2, 0.25) is 0 Å². The molecule has 66 valence electrons. The van der Waals surface area contributed by atoms with E-state index in [0.29, 0.717) is 0 Å². The molecule has 2 unspecified atom stereocenters. The van der Waals surface area contributed by atoms with Crippen molar-refractivity contribution in [2.75, 3.05) is 12.4 Å². The molecule has 1 fully saturated rings. The molecule has 5 nitrogen and oxygen atoms in total. The van der Waals surface area contributed by atoms with Crippen LogP contribution in [0.15, 0.2) is 0 Å². The second-order valence-electron chi connectivity index (χ2n) is 1.91. The van der Waals surface area contributed by atoms with Gasteiger partial charge >= 0.3 is 11.4 Å². The lowest BCUT2D eigenvalue weighted by Gasteiger charge is -1.99. The fraction of sp³-hybridized carbons (Fsp3) is 1.00. The van der Waals surface area contributed by atoms with Gasteiger partial charge in [-0.3, -0.25) is 8.37 Å². The molecule has 0 aliphatic carbocycles. The third-order valence-corrected chi connectivity index (χ3v) is 2.86. The molecule has 1 heterocycles. The zero-order valence-corrected chi connectivity index (χ0v) is 7.62. The molecule has 0 saturated carbocycles. The highest BCUT2D eigenvalue weighted by Crippen LogP contribution is 2.12.